The zero-order valence-electron chi connectivity index (χ0n) is 14.1. The van der Waals surface area contributed by atoms with E-state index in [1.165, 1.54) is 30.2 Å². The molecule has 130 valence electrons. The number of anilines is 1. The number of fused-ring (bicyclic) bond motifs is 1. The van der Waals surface area contributed by atoms with E-state index >= 15 is 0 Å². The number of aryl methyl sites for hydroxylation is 1. The third kappa shape index (κ3) is 5.21. The molecule has 0 spiro atoms. The van der Waals surface area contributed by atoms with Crippen LogP contribution in [0.1, 0.15) is 25.3 Å². The van der Waals surface area contributed by atoms with E-state index in [1.807, 2.05) is 30.3 Å². The molecule has 0 aliphatic rings. The van der Waals surface area contributed by atoms with Gasteiger partial charge in [0.05, 0.1) is 16.0 Å². The minimum Gasteiger partial charge on any atom is -0.273 e. The third-order valence-corrected chi connectivity index (χ3v) is 5.64. The molecule has 25 heavy (non-hydrogen) atoms. The first-order chi connectivity index (χ1) is 12.2. The zero-order chi connectivity index (χ0) is 17.5. The number of hydrogen-bond donors (Lipinski definition) is 2. The number of nitrogens with one attached hydrogen (secondary N) is 2. The number of thioether (sulfide) groups is 1. The number of benzene rings is 2. The van der Waals surface area contributed by atoms with Crippen LogP contribution < -0.4 is 10.9 Å². The van der Waals surface area contributed by atoms with Gasteiger partial charge in [0.25, 0.3) is 0 Å². The molecule has 1 aromatic heterocycles. The Bertz CT molecular complexity index is 833. The van der Waals surface area contributed by atoms with Crippen molar-refractivity contribution in [1.29, 1.82) is 0 Å². The predicted molar refractivity (Wildman–Crippen MR) is 107 cm³/mol. The van der Waals surface area contributed by atoms with Gasteiger partial charge in [-0.2, -0.15) is 0 Å². The Kier molecular flexibility index (Phi) is 6.30. The van der Waals surface area contributed by atoms with Gasteiger partial charge in [0, 0.05) is 4.90 Å². The Labute approximate surface area is 156 Å². The summed E-state index contributed by atoms with van der Waals surface area (Å²) in [6.45, 7) is 2.20. The highest BCUT2D eigenvalue weighted by Crippen LogP contribution is 2.27. The summed E-state index contributed by atoms with van der Waals surface area (Å²) in [6.07, 6.45) is 3.49. The van der Waals surface area contributed by atoms with Crippen molar-refractivity contribution in [2.45, 2.75) is 31.1 Å². The molecule has 1 amide bonds. The summed E-state index contributed by atoms with van der Waals surface area (Å²) in [6, 6.07) is 16.3. The van der Waals surface area contributed by atoms with Gasteiger partial charge in [0.15, 0.2) is 0 Å². The molecular formula is C19H21N3OS2. The van der Waals surface area contributed by atoms with Gasteiger partial charge in [0.1, 0.15) is 0 Å². The number of amides is 1. The molecule has 0 fully saturated rings. The Hall–Kier alpha value is -2.05. The highest BCUT2D eigenvalue weighted by atomic mass is 32.2. The van der Waals surface area contributed by atoms with Crippen LogP contribution in [-0.2, 0) is 11.2 Å². The van der Waals surface area contributed by atoms with E-state index in [1.54, 1.807) is 11.3 Å². The molecule has 3 aromatic rings. The second-order valence-corrected chi connectivity index (χ2v) is 7.78. The second kappa shape index (κ2) is 8.87. The molecule has 1 heterocycles. The fourth-order valence-electron chi connectivity index (χ4n) is 2.38. The van der Waals surface area contributed by atoms with Crippen molar-refractivity contribution in [3.63, 3.8) is 0 Å². The standard InChI is InChI=1S/C19H21N3OS2/c1-2-3-7-14-10-11-16-17(12-14)25-19(20-16)22-21-18(23)13-24-15-8-5-4-6-9-15/h4-6,8-12H,2-3,7,13H2,1H3,(H,20,22)(H,21,23). The van der Waals surface area contributed by atoms with Gasteiger partial charge in [-0.05, 0) is 42.7 Å². The van der Waals surface area contributed by atoms with Gasteiger partial charge in [0.2, 0.25) is 11.0 Å². The van der Waals surface area contributed by atoms with Gasteiger partial charge in [-0.3, -0.25) is 15.6 Å². The predicted octanol–water partition coefficient (Wildman–Crippen LogP) is 4.87. The second-order valence-electron chi connectivity index (χ2n) is 5.70. The SMILES string of the molecule is CCCCc1ccc2nc(NNC(=O)CSc3ccccc3)sc2c1. The topological polar surface area (TPSA) is 54.0 Å². The van der Waals surface area contributed by atoms with Crippen molar-refractivity contribution >= 4 is 44.4 Å². The molecule has 2 N–H and O–H groups in total. The number of thiazole rings is 1. The third-order valence-electron chi connectivity index (χ3n) is 3.69. The van der Waals surface area contributed by atoms with Crippen LogP contribution in [0.2, 0.25) is 0 Å². The largest absolute Gasteiger partial charge is 0.273 e. The van der Waals surface area contributed by atoms with Gasteiger partial charge < -0.3 is 0 Å². The Morgan fingerprint density at radius 1 is 1.20 bits per heavy atom. The average molecular weight is 372 g/mol. The highest BCUT2D eigenvalue weighted by molar-refractivity contribution is 8.00. The lowest BCUT2D eigenvalue weighted by Gasteiger charge is -2.05. The number of nitrogens with zero attached hydrogens (tertiary/aromatic N) is 1. The lowest BCUT2D eigenvalue weighted by Crippen LogP contribution is -2.30. The Morgan fingerprint density at radius 2 is 2.04 bits per heavy atom. The molecule has 3 rings (SSSR count). The quantitative estimate of drug-likeness (QED) is 0.438. The number of hydrazine groups is 1. The van der Waals surface area contributed by atoms with Crippen LogP contribution in [0.5, 0.6) is 0 Å². The summed E-state index contributed by atoms with van der Waals surface area (Å²) in [5.41, 5.74) is 7.94. The Balaban J connectivity index is 1.53. The van der Waals surface area contributed by atoms with Crippen molar-refractivity contribution in [3.8, 4) is 0 Å². The maximum absolute atomic E-state index is 12.0. The number of hydrogen-bond acceptors (Lipinski definition) is 5. The van der Waals surface area contributed by atoms with E-state index in [0.29, 0.717) is 10.9 Å². The Morgan fingerprint density at radius 3 is 2.84 bits per heavy atom. The molecule has 0 saturated carbocycles. The van der Waals surface area contributed by atoms with Crippen molar-refractivity contribution in [1.82, 2.24) is 10.4 Å². The number of carbonyl (C=O) groups excluding carboxylic acids is 1. The van der Waals surface area contributed by atoms with E-state index in [0.717, 1.165) is 21.5 Å². The van der Waals surface area contributed by atoms with E-state index in [4.69, 9.17) is 0 Å². The first kappa shape index (κ1) is 17.8. The van der Waals surface area contributed by atoms with Crippen LogP contribution in [0.3, 0.4) is 0 Å². The summed E-state index contributed by atoms with van der Waals surface area (Å²) < 4.78 is 1.14. The van der Waals surface area contributed by atoms with Gasteiger partial charge in [-0.25, -0.2) is 4.98 Å². The lowest BCUT2D eigenvalue weighted by molar-refractivity contribution is -0.118. The number of unbranched alkanes of at least 4 members (excludes halogenated alkanes) is 1. The molecule has 0 aliphatic carbocycles. The van der Waals surface area contributed by atoms with Crippen LogP contribution >= 0.6 is 23.1 Å². The number of rotatable bonds is 8. The molecule has 0 aliphatic heterocycles. The summed E-state index contributed by atoms with van der Waals surface area (Å²) in [5.74, 6) is 0.292. The molecule has 0 saturated heterocycles. The molecule has 0 bridgehead atoms. The summed E-state index contributed by atoms with van der Waals surface area (Å²) in [7, 11) is 0. The molecule has 0 unspecified atom stereocenters. The van der Waals surface area contributed by atoms with Crippen LogP contribution in [0.25, 0.3) is 10.2 Å². The van der Waals surface area contributed by atoms with E-state index < -0.39 is 0 Å². The fraction of sp³-hybridized carbons (Fsp3) is 0.263. The maximum atomic E-state index is 12.0. The fourth-order valence-corrected chi connectivity index (χ4v) is 3.99. The average Bonchev–Trinajstić information content (AvgIpc) is 3.06. The summed E-state index contributed by atoms with van der Waals surface area (Å²) >= 11 is 3.07. The maximum Gasteiger partial charge on any atom is 0.248 e. The lowest BCUT2D eigenvalue weighted by atomic mass is 10.1. The van der Waals surface area contributed by atoms with Gasteiger partial charge >= 0.3 is 0 Å². The monoisotopic (exact) mass is 371 g/mol. The van der Waals surface area contributed by atoms with Crippen molar-refractivity contribution in [2.75, 3.05) is 11.2 Å². The summed E-state index contributed by atoms with van der Waals surface area (Å²) in [5, 5.41) is 0.709. The van der Waals surface area contributed by atoms with E-state index in [2.05, 4.69) is 41.0 Å². The minimum absolute atomic E-state index is 0.0725. The van der Waals surface area contributed by atoms with Crippen molar-refractivity contribution < 1.29 is 4.79 Å². The van der Waals surface area contributed by atoms with Crippen LogP contribution in [0.15, 0.2) is 53.4 Å². The highest BCUT2D eigenvalue weighted by Gasteiger charge is 2.07. The minimum atomic E-state index is -0.0725. The number of carbonyl (C=O) groups is 1. The summed E-state index contributed by atoms with van der Waals surface area (Å²) in [4.78, 5) is 17.6. The van der Waals surface area contributed by atoms with Crippen molar-refractivity contribution in [2.24, 2.45) is 0 Å². The molecule has 4 nitrogen and oxygen atoms in total. The van der Waals surface area contributed by atoms with E-state index in [9.17, 15) is 4.79 Å². The molecular weight excluding hydrogens is 350 g/mol. The number of aromatic nitrogens is 1. The smallest absolute Gasteiger partial charge is 0.248 e. The molecule has 2 aromatic carbocycles. The first-order valence-corrected chi connectivity index (χ1v) is 10.2. The first-order valence-electron chi connectivity index (χ1n) is 8.37. The van der Waals surface area contributed by atoms with Crippen LogP contribution in [-0.4, -0.2) is 16.6 Å². The molecule has 0 radical (unpaired) electrons. The zero-order valence-corrected chi connectivity index (χ0v) is 15.8. The van der Waals surface area contributed by atoms with Gasteiger partial charge in [-0.15, -0.1) is 11.8 Å². The van der Waals surface area contributed by atoms with Gasteiger partial charge in [-0.1, -0.05) is 48.9 Å². The normalized spacial score (nSPS) is 10.8. The van der Waals surface area contributed by atoms with Crippen LogP contribution in [0, 0.1) is 0 Å². The molecule has 0 atom stereocenters. The molecule has 6 heteroatoms. The van der Waals surface area contributed by atoms with Crippen LogP contribution in [0.4, 0.5) is 5.13 Å². The van der Waals surface area contributed by atoms with E-state index in [-0.39, 0.29) is 5.91 Å². The van der Waals surface area contributed by atoms with Crippen molar-refractivity contribution in [3.05, 3.63) is 54.1 Å².